The van der Waals surface area contributed by atoms with Crippen LogP contribution in [0.3, 0.4) is 0 Å². The Kier molecular flexibility index (Phi) is 26.0. The van der Waals surface area contributed by atoms with Gasteiger partial charge in [0.05, 0.1) is 61.9 Å². The molecule has 0 aromatic heterocycles. The van der Waals surface area contributed by atoms with Crippen molar-refractivity contribution < 1.29 is 67.4 Å². The minimum absolute atomic E-state index is 0.00810. The lowest BCUT2D eigenvalue weighted by Crippen LogP contribution is -2.55. The molecular weight excluding hydrogens is 1550 g/mol. The molecule has 13 rings (SSSR count). The summed E-state index contributed by atoms with van der Waals surface area (Å²) in [5, 5.41) is 27.2. The molecule has 652 valence electrons. The lowest BCUT2D eigenvalue weighted by molar-refractivity contribution is -0.126. The van der Waals surface area contributed by atoms with Crippen LogP contribution < -0.4 is 29.6 Å². The van der Waals surface area contributed by atoms with Crippen LogP contribution >= 0.6 is 0 Å². The quantitative estimate of drug-likeness (QED) is 0.0127. The minimum Gasteiger partial charge on any atom is -0.457 e. The van der Waals surface area contributed by atoms with Gasteiger partial charge in [-0.05, 0) is 175 Å². The van der Waals surface area contributed by atoms with E-state index >= 15 is 28.8 Å². The second kappa shape index (κ2) is 35.5. The van der Waals surface area contributed by atoms with Crippen LogP contribution in [-0.2, 0) is 53.6 Å². The summed E-state index contributed by atoms with van der Waals surface area (Å²) < 4.78 is 41.5. The van der Waals surface area contributed by atoms with Gasteiger partial charge >= 0.3 is 0 Å². The lowest BCUT2D eigenvalue weighted by atomic mass is 9.72. The zero-order chi connectivity index (χ0) is 89.6. The molecule has 2 atom stereocenters. The molecule has 6 amide bonds. The Labute approximate surface area is 731 Å². The molecule has 18 nitrogen and oxygen atoms in total. The van der Waals surface area contributed by atoms with Gasteiger partial charge in [0.15, 0.2) is 0 Å². The highest BCUT2D eigenvalue weighted by molar-refractivity contribution is 6.45. The van der Waals surface area contributed by atoms with E-state index in [0.717, 1.165) is 57.7 Å². The van der Waals surface area contributed by atoms with Crippen LogP contribution in [0.25, 0.3) is 43.1 Å². The molecule has 11 aromatic carbocycles. The maximum absolute atomic E-state index is 16.9. The number of carbonyl (C=O) groups excluding carboxylic acids is 6. The van der Waals surface area contributed by atoms with Crippen molar-refractivity contribution in [2.45, 2.75) is 211 Å². The van der Waals surface area contributed by atoms with Crippen LogP contribution in [0.15, 0.2) is 182 Å². The van der Waals surface area contributed by atoms with Gasteiger partial charge in [0.2, 0.25) is 11.8 Å². The molecule has 4 N–H and O–H groups in total. The third kappa shape index (κ3) is 20.0. The van der Waals surface area contributed by atoms with Gasteiger partial charge in [-0.3, -0.25) is 38.6 Å². The van der Waals surface area contributed by atoms with E-state index in [-0.39, 0.29) is 197 Å². The highest BCUT2D eigenvalue weighted by Gasteiger charge is 2.47. The van der Waals surface area contributed by atoms with Crippen molar-refractivity contribution in [2.75, 3.05) is 52.7 Å². The van der Waals surface area contributed by atoms with Crippen LogP contribution in [0.5, 0.6) is 46.0 Å². The van der Waals surface area contributed by atoms with E-state index in [1.54, 1.807) is 24.3 Å². The summed E-state index contributed by atoms with van der Waals surface area (Å²) in [4.78, 5) is 100. The van der Waals surface area contributed by atoms with Gasteiger partial charge in [-0.2, -0.15) is 0 Å². The summed E-state index contributed by atoms with van der Waals surface area (Å²) >= 11 is 0. The first-order valence-electron chi connectivity index (χ1n) is 43.6. The summed E-state index contributed by atoms with van der Waals surface area (Å²) in [5.74, 6) is -2.80. The predicted molar refractivity (Wildman–Crippen MR) is 493 cm³/mol. The van der Waals surface area contributed by atoms with Crippen LogP contribution in [-0.4, -0.2) is 120 Å². The fourth-order valence-electron chi connectivity index (χ4n) is 19.9. The molecule has 11 aromatic rings. The van der Waals surface area contributed by atoms with Crippen LogP contribution in [0.2, 0.25) is 0 Å². The van der Waals surface area contributed by atoms with E-state index in [4.69, 9.17) is 28.4 Å². The fourth-order valence-corrected chi connectivity index (χ4v) is 19.9. The normalized spacial score (nSPS) is 14.3. The summed E-state index contributed by atoms with van der Waals surface area (Å²) in [5.41, 5.74) is 4.08. The van der Waals surface area contributed by atoms with Crippen molar-refractivity contribution in [3.63, 3.8) is 0 Å². The van der Waals surface area contributed by atoms with Gasteiger partial charge in [-0.15, -0.1) is 0 Å². The smallest absolute Gasteiger partial charge is 0.262 e. The molecule has 0 spiro atoms. The van der Waals surface area contributed by atoms with Gasteiger partial charge in [-0.25, -0.2) is 0 Å². The number of hydrogen-bond acceptors (Lipinski definition) is 14. The highest BCUT2D eigenvalue weighted by atomic mass is 16.5. The Hall–Kier alpha value is -11.0. The number of fused-ring (bicyclic) bond motifs is 2. The standard InChI is InChI=1S/C106H124N4O14/c1-99(2,3)61-103(13,14)67-31-39-71(40-32-67)121-81-57-75-85-76(96(116)109(95(75)115)79(55-65-27-23-21-24-28-65)93(113)107-47-51-119-53-49-111)59-83(123-73-43-35-69(36-44-73)105(17,18)63-101(7,8)9)89-90-84(124-74-45-37-70(38-46-74)106(19,20)64-102(10,11)12)60-78-86-77(97(117)110(98(78)118)80(56-66-29-25-22-26-30-66)94(114)108-48-52-120-54-50-112)58-82(88(92(86)90)87(81)91(85)89)122-72-41-33-68(34-42-72)104(15,16)62-100(4,5)6/h21-46,57-60,79-80,111-112H,47-56,61-64H2,1-20H3,(H,107,113)(H,108,114). The van der Waals surface area contributed by atoms with Gasteiger partial charge in [0.1, 0.15) is 58.1 Å². The van der Waals surface area contributed by atoms with Gasteiger partial charge in [0.25, 0.3) is 23.6 Å². The summed E-state index contributed by atoms with van der Waals surface area (Å²) in [6.07, 6.45) is 3.18. The molecule has 18 heteroatoms. The molecule has 0 radical (unpaired) electrons. The van der Waals surface area contributed by atoms with E-state index in [2.05, 4.69) is 149 Å². The molecule has 0 bridgehead atoms. The molecule has 2 unspecified atom stereocenters. The van der Waals surface area contributed by atoms with E-state index in [1.807, 2.05) is 158 Å². The molecule has 124 heavy (non-hydrogen) atoms. The van der Waals surface area contributed by atoms with Crippen molar-refractivity contribution in [2.24, 2.45) is 21.7 Å². The van der Waals surface area contributed by atoms with Crippen LogP contribution in [0.1, 0.15) is 239 Å². The van der Waals surface area contributed by atoms with Gasteiger partial charge in [0, 0.05) is 69.0 Å². The Morgan fingerprint density at radius 3 is 0.766 bits per heavy atom. The van der Waals surface area contributed by atoms with Gasteiger partial charge in [-0.1, -0.05) is 248 Å². The summed E-state index contributed by atoms with van der Waals surface area (Å²) in [6.45, 7) is 43.9. The SMILES string of the molecule is CC(C)(C)CC(C)(C)c1ccc(Oc2cc3c4c(cc(Oc5ccc(C(C)(C)CC(C)(C)C)cc5)c5c6c(Oc7ccc(C(C)(C)CC(C)(C)C)cc7)cc7c8c(cc(Oc9ccc(C(C)(C)CC(C)(C)C)cc9)c(c2c45)c86)C(=O)N(C(Cc2ccccc2)C(=O)NCCOCCO)C7=O)C(=O)N(C(Cc2ccccc2)C(=O)NCCOCCO)C3=O)cc1. The van der Waals surface area contributed by atoms with E-state index in [9.17, 15) is 10.2 Å². The largest absolute Gasteiger partial charge is 0.457 e. The third-order valence-electron chi connectivity index (χ3n) is 23.6. The van der Waals surface area contributed by atoms with Crippen molar-refractivity contribution in [1.82, 2.24) is 20.4 Å². The highest BCUT2D eigenvalue weighted by Crippen LogP contribution is 2.59. The number of aliphatic hydroxyl groups excluding tert-OH is 2. The zero-order valence-electron chi connectivity index (χ0n) is 76.1. The first kappa shape index (κ1) is 90.7. The van der Waals surface area contributed by atoms with Crippen molar-refractivity contribution in [1.29, 1.82) is 0 Å². The molecule has 0 saturated heterocycles. The Balaban J connectivity index is 1.20. The fraction of sp³-hybridized carbons (Fsp3) is 0.415. The second-order valence-corrected chi connectivity index (χ2v) is 41.3. The topological polar surface area (TPSA) is 229 Å². The summed E-state index contributed by atoms with van der Waals surface area (Å²) in [6, 6.07) is 53.4. The number of nitrogens with zero attached hydrogens (tertiary/aromatic N) is 2. The number of hydrogen-bond donors (Lipinski definition) is 4. The average Bonchev–Trinajstić information content (AvgIpc) is 0.669. The first-order valence-corrected chi connectivity index (χ1v) is 43.6. The van der Waals surface area contributed by atoms with E-state index in [0.29, 0.717) is 34.1 Å². The number of aliphatic hydroxyl groups is 2. The van der Waals surface area contributed by atoms with Crippen molar-refractivity contribution >= 4 is 78.5 Å². The third-order valence-corrected chi connectivity index (χ3v) is 23.6. The summed E-state index contributed by atoms with van der Waals surface area (Å²) in [7, 11) is 0. The lowest BCUT2D eigenvalue weighted by Gasteiger charge is -2.36. The Bertz CT molecular complexity index is 5140. The zero-order valence-corrected chi connectivity index (χ0v) is 76.1. The molecule has 0 saturated carbocycles. The number of ether oxygens (including phenoxy) is 6. The second-order valence-electron chi connectivity index (χ2n) is 41.3. The number of amides is 6. The molecule has 2 aliphatic rings. The number of rotatable bonds is 34. The minimum atomic E-state index is -1.47. The van der Waals surface area contributed by atoms with Crippen molar-refractivity contribution in [3.05, 3.63) is 238 Å². The number of nitrogens with one attached hydrogen (secondary N) is 2. The maximum atomic E-state index is 16.9. The average molecular weight is 1680 g/mol. The molecule has 2 aliphatic heterocycles. The molecule has 0 aliphatic carbocycles. The Morgan fingerprint density at radius 2 is 0.548 bits per heavy atom. The predicted octanol–water partition coefficient (Wildman–Crippen LogP) is 22.4. The maximum Gasteiger partial charge on any atom is 0.262 e. The number of benzene rings is 11. The van der Waals surface area contributed by atoms with E-state index < -0.39 is 47.5 Å². The van der Waals surface area contributed by atoms with Gasteiger partial charge < -0.3 is 49.3 Å². The molecule has 0 fully saturated rings. The number of imide groups is 2. The molecule has 2 heterocycles. The van der Waals surface area contributed by atoms with Crippen LogP contribution in [0.4, 0.5) is 0 Å². The van der Waals surface area contributed by atoms with Crippen molar-refractivity contribution in [3.8, 4) is 46.0 Å². The Morgan fingerprint density at radius 1 is 0.315 bits per heavy atom. The van der Waals surface area contributed by atoms with Crippen LogP contribution in [0, 0.1) is 21.7 Å². The molecular formula is C106H124N4O14. The number of carbonyl (C=O) groups is 6. The monoisotopic (exact) mass is 1680 g/mol. The van der Waals surface area contributed by atoms with E-state index in [1.165, 1.54) is 0 Å². The first-order chi connectivity index (χ1) is 58.3.